The van der Waals surface area contributed by atoms with Gasteiger partial charge in [0.25, 0.3) is 0 Å². The van der Waals surface area contributed by atoms with Crippen LogP contribution in [0, 0.1) is 6.92 Å². The SMILES string of the molecule is Cc1ccc2cc(COC(=O)c3cc4c(s3)CCC4)c(Cl)nc2c1. The molecule has 4 rings (SSSR count). The van der Waals surface area contributed by atoms with Gasteiger partial charge >= 0.3 is 5.97 Å². The lowest BCUT2D eigenvalue weighted by Gasteiger charge is -2.07. The highest BCUT2D eigenvalue weighted by Crippen LogP contribution is 2.31. The van der Waals surface area contributed by atoms with Crippen molar-refractivity contribution in [1.82, 2.24) is 4.98 Å². The van der Waals surface area contributed by atoms with Gasteiger partial charge in [-0.3, -0.25) is 0 Å². The van der Waals surface area contributed by atoms with Crippen LogP contribution in [0.5, 0.6) is 0 Å². The second-order valence-corrected chi connectivity index (χ2v) is 7.62. The molecule has 0 aliphatic heterocycles. The zero-order valence-corrected chi connectivity index (χ0v) is 14.8. The van der Waals surface area contributed by atoms with E-state index in [0.29, 0.717) is 10.0 Å². The van der Waals surface area contributed by atoms with Gasteiger partial charge in [-0.1, -0.05) is 23.7 Å². The van der Waals surface area contributed by atoms with Crippen molar-refractivity contribution in [3.05, 3.63) is 61.9 Å². The highest BCUT2D eigenvalue weighted by molar-refractivity contribution is 7.14. The summed E-state index contributed by atoms with van der Waals surface area (Å²) in [5, 5.41) is 1.38. The highest BCUT2D eigenvalue weighted by Gasteiger charge is 2.19. The standard InChI is InChI=1S/C19H16ClNO2S/c1-11-5-6-12-8-14(18(20)21-15(12)7-11)10-23-19(22)17-9-13-3-2-4-16(13)24-17/h5-9H,2-4,10H2,1H3. The van der Waals surface area contributed by atoms with Crippen molar-refractivity contribution >= 4 is 39.8 Å². The van der Waals surface area contributed by atoms with Crippen LogP contribution in [0.3, 0.4) is 0 Å². The average Bonchev–Trinajstić information content (AvgIpc) is 3.14. The van der Waals surface area contributed by atoms with Gasteiger partial charge in [-0.15, -0.1) is 11.3 Å². The second kappa shape index (κ2) is 6.19. The topological polar surface area (TPSA) is 39.2 Å². The third kappa shape index (κ3) is 2.92. The largest absolute Gasteiger partial charge is 0.457 e. The van der Waals surface area contributed by atoms with Crippen molar-refractivity contribution in [1.29, 1.82) is 0 Å². The molecule has 0 amide bonds. The molecular formula is C19H16ClNO2S. The van der Waals surface area contributed by atoms with Crippen molar-refractivity contribution in [2.75, 3.05) is 0 Å². The Balaban J connectivity index is 1.52. The minimum Gasteiger partial charge on any atom is -0.457 e. The molecule has 24 heavy (non-hydrogen) atoms. The zero-order chi connectivity index (χ0) is 16.7. The molecular weight excluding hydrogens is 342 g/mol. The van der Waals surface area contributed by atoms with Gasteiger partial charge in [-0.2, -0.15) is 0 Å². The molecule has 1 aliphatic carbocycles. The molecule has 0 unspecified atom stereocenters. The number of esters is 1. The number of carbonyl (C=O) groups is 1. The lowest BCUT2D eigenvalue weighted by molar-refractivity contribution is 0.0478. The molecule has 0 radical (unpaired) electrons. The van der Waals surface area contributed by atoms with Gasteiger partial charge in [0.05, 0.1) is 5.52 Å². The summed E-state index contributed by atoms with van der Waals surface area (Å²) in [5.74, 6) is -0.283. The number of benzene rings is 1. The Bertz CT molecular complexity index is 926. The quantitative estimate of drug-likeness (QED) is 0.483. The van der Waals surface area contributed by atoms with Crippen LogP contribution in [0.15, 0.2) is 30.3 Å². The van der Waals surface area contributed by atoms with Crippen LogP contribution in [-0.2, 0) is 24.2 Å². The summed E-state index contributed by atoms with van der Waals surface area (Å²) in [5.41, 5.74) is 4.01. The first-order valence-corrected chi connectivity index (χ1v) is 9.14. The number of aryl methyl sites for hydroxylation is 3. The Hall–Kier alpha value is -1.91. The fourth-order valence-corrected chi connectivity index (χ4v) is 4.39. The van der Waals surface area contributed by atoms with Gasteiger partial charge in [0.2, 0.25) is 0 Å². The van der Waals surface area contributed by atoms with E-state index < -0.39 is 0 Å². The molecule has 0 saturated carbocycles. The van der Waals surface area contributed by atoms with Crippen LogP contribution in [-0.4, -0.2) is 11.0 Å². The van der Waals surface area contributed by atoms with E-state index in [4.69, 9.17) is 16.3 Å². The maximum Gasteiger partial charge on any atom is 0.348 e. The van der Waals surface area contributed by atoms with Crippen molar-refractivity contribution in [3.8, 4) is 0 Å². The molecule has 0 saturated heterocycles. The molecule has 0 spiro atoms. The third-order valence-corrected chi connectivity index (χ3v) is 5.85. The molecule has 3 nitrogen and oxygen atoms in total. The molecule has 1 aliphatic rings. The van der Waals surface area contributed by atoms with E-state index in [1.54, 1.807) is 11.3 Å². The van der Waals surface area contributed by atoms with Crippen molar-refractivity contribution in [2.24, 2.45) is 0 Å². The highest BCUT2D eigenvalue weighted by atomic mass is 35.5. The predicted molar refractivity (Wildman–Crippen MR) is 97.0 cm³/mol. The van der Waals surface area contributed by atoms with E-state index in [9.17, 15) is 4.79 Å². The smallest absolute Gasteiger partial charge is 0.348 e. The molecule has 1 aromatic carbocycles. The number of fused-ring (bicyclic) bond motifs is 2. The summed E-state index contributed by atoms with van der Waals surface area (Å²) < 4.78 is 5.45. The average molecular weight is 358 g/mol. The van der Waals surface area contributed by atoms with Crippen LogP contribution in [0.25, 0.3) is 10.9 Å². The maximum atomic E-state index is 12.3. The summed E-state index contributed by atoms with van der Waals surface area (Å²) in [6.45, 7) is 2.15. The van der Waals surface area contributed by atoms with E-state index in [-0.39, 0.29) is 12.6 Å². The van der Waals surface area contributed by atoms with E-state index >= 15 is 0 Å². The third-order valence-electron chi connectivity index (χ3n) is 4.31. The lowest BCUT2D eigenvalue weighted by Crippen LogP contribution is -2.04. The summed E-state index contributed by atoms with van der Waals surface area (Å²) in [7, 11) is 0. The lowest BCUT2D eigenvalue weighted by atomic mass is 10.1. The van der Waals surface area contributed by atoms with Gasteiger partial charge < -0.3 is 4.74 Å². The number of carbonyl (C=O) groups excluding carboxylic acids is 1. The minimum atomic E-state index is -0.283. The molecule has 0 atom stereocenters. The van der Waals surface area contributed by atoms with Gasteiger partial charge in [-0.05, 0) is 55.5 Å². The first-order valence-electron chi connectivity index (χ1n) is 7.94. The van der Waals surface area contributed by atoms with Crippen molar-refractivity contribution < 1.29 is 9.53 Å². The van der Waals surface area contributed by atoms with E-state index in [0.717, 1.165) is 34.9 Å². The number of halogens is 1. The molecule has 0 bridgehead atoms. The van der Waals surface area contributed by atoms with Crippen molar-refractivity contribution in [2.45, 2.75) is 32.8 Å². The number of hydrogen-bond acceptors (Lipinski definition) is 4. The first kappa shape index (κ1) is 15.6. The Morgan fingerprint density at radius 1 is 1.29 bits per heavy atom. The monoisotopic (exact) mass is 357 g/mol. The predicted octanol–water partition coefficient (Wildman–Crippen LogP) is 5.10. The summed E-state index contributed by atoms with van der Waals surface area (Å²) >= 11 is 7.80. The molecule has 5 heteroatoms. The van der Waals surface area contributed by atoms with E-state index in [2.05, 4.69) is 4.98 Å². The van der Waals surface area contributed by atoms with E-state index in [1.165, 1.54) is 16.9 Å². The van der Waals surface area contributed by atoms with Crippen LogP contribution in [0.2, 0.25) is 5.15 Å². The Labute approximate surface area is 149 Å². The Kier molecular flexibility index (Phi) is 4.02. The van der Waals surface area contributed by atoms with Crippen LogP contribution in [0.1, 0.15) is 37.7 Å². The van der Waals surface area contributed by atoms with Gasteiger partial charge in [0, 0.05) is 15.8 Å². The molecule has 2 aromatic heterocycles. The fraction of sp³-hybridized carbons (Fsp3) is 0.263. The minimum absolute atomic E-state index is 0.136. The van der Waals surface area contributed by atoms with Crippen molar-refractivity contribution in [3.63, 3.8) is 0 Å². The molecule has 0 N–H and O–H groups in total. The van der Waals surface area contributed by atoms with Gasteiger partial charge in [0.15, 0.2) is 0 Å². The maximum absolute atomic E-state index is 12.3. The molecule has 122 valence electrons. The second-order valence-electron chi connectivity index (χ2n) is 6.12. The molecule has 3 aromatic rings. The van der Waals surface area contributed by atoms with Crippen LogP contribution >= 0.6 is 22.9 Å². The number of ether oxygens (including phenoxy) is 1. The number of nitrogens with zero attached hydrogens (tertiary/aromatic N) is 1. The van der Waals surface area contributed by atoms with Gasteiger partial charge in [0.1, 0.15) is 16.6 Å². The number of pyridine rings is 1. The number of hydrogen-bond donors (Lipinski definition) is 0. The Morgan fingerprint density at radius 2 is 2.17 bits per heavy atom. The Morgan fingerprint density at radius 3 is 3.00 bits per heavy atom. The summed E-state index contributed by atoms with van der Waals surface area (Å²) in [6, 6.07) is 9.93. The van der Waals surface area contributed by atoms with E-state index in [1.807, 2.05) is 37.3 Å². The van der Waals surface area contributed by atoms with Crippen LogP contribution in [0.4, 0.5) is 0 Å². The molecule has 2 heterocycles. The number of thiophene rings is 1. The number of aromatic nitrogens is 1. The fourth-order valence-electron chi connectivity index (χ4n) is 3.04. The first-order chi connectivity index (χ1) is 11.6. The van der Waals surface area contributed by atoms with Crippen LogP contribution < -0.4 is 0 Å². The summed E-state index contributed by atoms with van der Waals surface area (Å²) in [4.78, 5) is 18.7. The summed E-state index contributed by atoms with van der Waals surface area (Å²) in [6.07, 6.45) is 3.33. The number of rotatable bonds is 3. The zero-order valence-electron chi connectivity index (χ0n) is 13.3. The van der Waals surface area contributed by atoms with Gasteiger partial charge in [-0.25, -0.2) is 9.78 Å². The molecule has 0 fully saturated rings. The normalized spacial score (nSPS) is 13.2.